The van der Waals surface area contributed by atoms with Crippen LogP contribution in [-0.4, -0.2) is 25.4 Å². The molecule has 106 valence electrons. The lowest BCUT2D eigenvalue weighted by molar-refractivity contribution is 0.600. The van der Waals surface area contributed by atoms with Gasteiger partial charge >= 0.3 is 0 Å². The van der Waals surface area contributed by atoms with Crippen molar-refractivity contribution in [2.45, 2.75) is 11.8 Å². The third-order valence-electron chi connectivity index (χ3n) is 2.53. The molecule has 1 heterocycles. The van der Waals surface area contributed by atoms with Crippen LogP contribution in [0.1, 0.15) is 5.56 Å². The second-order valence-electron chi connectivity index (χ2n) is 4.08. The summed E-state index contributed by atoms with van der Waals surface area (Å²) in [6, 6.07) is 5.41. The molecule has 8 heteroatoms. The Labute approximate surface area is 125 Å². The number of anilines is 2. The van der Waals surface area contributed by atoms with Gasteiger partial charge in [-0.1, -0.05) is 6.07 Å². The first-order chi connectivity index (χ1) is 9.42. The molecule has 1 aromatic heterocycles. The summed E-state index contributed by atoms with van der Waals surface area (Å²) < 4.78 is 27.6. The van der Waals surface area contributed by atoms with Gasteiger partial charge in [-0.2, -0.15) is 0 Å². The monoisotopic (exact) mass is 356 g/mol. The van der Waals surface area contributed by atoms with Crippen LogP contribution in [-0.2, 0) is 10.0 Å². The van der Waals surface area contributed by atoms with Crippen molar-refractivity contribution < 1.29 is 8.42 Å². The first-order valence-electron chi connectivity index (χ1n) is 5.71. The maximum atomic E-state index is 12.2. The van der Waals surface area contributed by atoms with E-state index in [2.05, 4.69) is 35.9 Å². The Bertz CT molecular complexity index is 717. The van der Waals surface area contributed by atoms with Crippen LogP contribution >= 0.6 is 15.9 Å². The molecule has 0 radical (unpaired) electrons. The summed E-state index contributed by atoms with van der Waals surface area (Å²) in [4.78, 5) is 7.79. The molecule has 0 bridgehead atoms. The number of hydrogen-bond acceptors (Lipinski definition) is 5. The molecule has 20 heavy (non-hydrogen) atoms. The smallest absolute Gasteiger partial charge is 0.265 e. The van der Waals surface area contributed by atoms with Crippen molar-refractivity contribution >= 4 is 37.6 Å². The van der Waals surface area contributed by atoms with E-state index < -0.39 is 10.0 Å². The number of rotatable bonds is 4. The lowest BCUT2D eigenvalue weighted by atomic mass is 10.2. The molecular formula is C12H13BrN4O2S. The molecular weight excluding hydrogens is 344 g/mol. The Morgan fingerprint density at radius 2 is 1.85 bits per heavy atom. The SMILES string of the molecule is CNc1ncc(S(=O)(=O)Nc2cc(C)ccc2Br)cn1. The van der Waals surface area contributed by atoms with E-state index in [-0.39, 0.29) is 4.90 Å². The van der Waals surface area contributed by atoms with E-state index in [9.17, 15) is 8.42 Å². The molecule has 2 aromatic rings. The maximum Gasteiger partial charge on any atom is 0.265 e. The maximum absolute atomic E-state index is 12.2. The highest BCUT2D eigenvalue weighted by Gasteiger charge is 2.16. The third kappa shape index (κ3) is 3.26. The molecule has 0 atom stereocenters. The summed E-state index contributed by atoms with van der Waals surface area (Å²) in [5, 5.41) is 2.73. The Morgan fingerprint density at radius 3 is 2.45 bits per heavy atom. The topological polar surface area (TPSA) is 84.0 Å². The lowest BCUT2D eigenvalue weighted by Crippen LogP contribution is -2.14. The predicted octanol–water partition coefficient (Wildman–Crippen LogP) is 2.39. The Hall–Kier alpha value is -1.67. The van der Waals surface area contributed by atoms with Crippen LogP contribution in [0.25, 0.3) is 0 Å². The number of hydrogen-bond donors (Lipinski definition) is 2. The van der Waals surface area contributed by atoms with Gasteiger partial charge in [0.15, 0.2) is 0 Å². The average molecular weight is 357 g/mol. The van der Waals surface area contributed by atoms with E-state index in [1.54, 1.807) is 19.2 Å². The molecule has 0 aliphatic heterocycles. The molecule has 0 saturated carbocycles. The fourth-order valence-electron chi connectivity index (χ4n) is 1.51. The number of halogens is 1. The molecule has 1 aromatic carbocycles. The van der Waals surface area contributed by atoms with Gasteiger partial charge in [-0.3, -0.25) is 4.72 Å². The second-order valence-corrected chi connectivity index (χ2v) is 6.62. The second kappa shape index (κ2) is 5.76. The molecule has 0 amide bonds. The van der Waals surface area contributed by atoms with Crippen molar-refractivity contribution in [2.24, 2.45) is 0 Å². The Morgan fingerprint density at radius 1 is 1.20 bits per heavy atom. The predicted molar refractivity (Wildman–Crippen MR) is 81.3 cm³/mol. The minimum Gasteiger partial charge on any atom is -0.357 e. The number of sulfonamides is 1. The van der Waals surface area contributed by atoms with Gasteiger partial charge < -0.3 is 5.32 Å². The molecule has 2 rings (SSSR count). The van der Waals surface area contributed by atoms with E-state index in [0.29, 0.717) is 16.1 Å². The fourth-order valence-corrected chi connectivity index (χ4v) is 2.94. The summed E-state index contributed by atoms with van der Waals surface area (Å²) in [6.45, 7) is 1.88. The van der Waals surface area contributed by atoms with Gasteiger partial charge in [-0.15, -0.1) is 0 Å². The fraction of sp³-hybridized carbons (Fsp3) is 0.167. The first-order valence-corrected chi connectivity index (χ1v) is 7.99. The number of aryl methyl sites for hydroxylation is 1. The molecule has 0 spiro atoms. The summed E-state index contributed by atoms with van der Waals surface area (Å²) >= 11 is 3.31. The van der Waals surface area contributed by atoms with Gasteiger partial charge in [0, 0.05) is 11.5 Å². The van der Waals surface area contributed by atoms with Gasteiger partial charge in [-0.05, 0) is 40.5 Å². The minimum absolute atomic E-state index is 0.00454. The van der Waals surface area contributed by atoms with Crippen LogP contribution in [0.2, 0.25) is 0 Å². The average Bonchev–Trinajstić information content (AvgIpc) is 2.43. The number of aromatic nitrogens is 2. The molecule has 0 aliphatic rings. The zero-order valence-electron chi connectivity index (χ0n) is 10.9. The van der Waals surface area contributed by atoms with E-state index in [1.807, 2.05) is 13.0 Å². The molecule has 0 fully saturated rings. The van der Waals surface area contributed by atoms with Crippen molar-refractivity contribution in [3.63, 3.8) is 0 Å². The van der Waals surface area contributed by atoms with E-state index >= 15 is 0 Å². The van der Waals surface area contributed by atoms with Crippen molar-refractivity contribution in [3.05, 3.63) is 40.6 Å². The van der Waals surface area contributed by atoms with Crippen LogP contribution < -0.4 is 10.0 Å². The van der Waals surface area contributed by atoms with Crippen LogP contribution in [0, 0.1) is 6.92 Å². The Kier molecular flexibility index (Phi) is 4.24. The summed E-state index contributed by atoms with van der Waals surface area (Å²) in [5.41, 5.74) is 1.43. The van der Waals surface area contributed by atoms with Crippen molar-refractivity contribution in [2.75, 3.05) is 17.1 Å². The van der Waals surface area contributed by atoms with Crippen LogP contribution in [0.3, 0.4) is 0 Å². The number of nitrogens with one attached hydrogen (secondary N) is 2. The Balaban J connectivity index is 2.32. The standard InChI is InChI=1S/C12H13BrN4O2S/c1-8-3-4-10(13)11(5-8)17-20(18,19)9-6-15-12(14-2)16-7-9/h3-7,17H,1-2H3,(H,14,15,16). The zero-order valence-corrected chi connectivity index (χ0v) is 13.3. The van der Waals surface area contributed by atoms with Crippen LogP contribution in [0.4, 0.5) is 11.6 Å². The molecule has 0 unspecified atom stereocenters. The lowest BCUT2D eigenvalue weighted by Gasteiger charge is -2.10. The molecule has 0 aliphatic carbocycles. The van der Waals surface area contributed by atoms with Gasteiger partial charge in [0.25, 0.3) is 10.0 Å². The first kappa shape index (κ1) is 14.7. The highest BCUT2D eigenvalue weighted by molar-refractivity contribution is 9.10. The largest absolute Gasteiger partial charge is 0.357 e. The quantitative estimate of drug-likeness (QED) is 0.878. The molecule has 0 saturated heterocycles. The summed E-state index contributed by atoms with van der Waals surface area (Å²) in [6.07, 6.45) is 2.51. The minimum atomic E-state index is -3.71. The van der Waals surface area contributed by atoms with E-state index in [0.717, 1.165) is 5.56 Å². The summed E-state index contributed by atoms with van der Waals surface area (Å²) in [7, 11) is -2.05. The van der Waals surface area contributed by atoms with Crippen molar-refractivity contribution in [1.29, 1.82) is 0 Å². The van der Waals surface area contributed by atoms with E-state index in [4.69, 9.17) is 0 Å². The van der Waals surface area contributed by atoms with Crippen molar-refractivity contribution in [1.82, 2.24) is 9.97 Å². The number of benzene rings is 1. The highest BCUT2D eigenvalue weighted by Crippen LogP contribution is 2.25. The zero-order chi connectivity index (χ0) is 14.8. The van der Waals surface area contributed by atoms with E-state index in [1.165, 1.54) is 12.4 Å². The van der Waals surface area contributed by atoms with Gasteiger partial charge in [0.1, 0.15) is 4.90 Å². The summed E-state index contributed by atoms with van der Waals surface area (Å²) in [5.74, 6) is 0.362. The van der Waals surface area contributed by atoms with Gasteiger partial charge in [-0.25, -0.2) is 18.4 Å². The van der Waals surface area contributed by atoms with Gasteiger partial charge in [0.2, 0.25) is 5.95 Å². The molecule has 6 nitrogen and oxygen atoms in total. The van der Waals surface area contributed by atoms with Gasteiger partial charge in [0.05, 0.1) is 18.1 Å². The number of nitrogens with zero attached hydrogens (tertiary/aromatic N) is 2. The third-order valence-corrected chi connectivity index (χ3v) is 4.54. The van der Waals surface area contributed by atoms with Crippen molar-refractivity contribution in [3.8, 4) is 0 Å². The van der Waals surface area contributed by atoms with Crippen LogP contribution in [0.15, 0.2) is 40.0 Å². The molecule has 2 N–H and O–H groups in total. The highest BCUT2D eigenvalue weighted by atomic mass is 79.9. The normalized spacial score (nSPS) is 11.2. The van der Waals surface area contributed by atoms with Crippen LogP contribution in [0.5, 0.6) is 0 Å².